The molecule has 10 nitrogen and oxygen atoms in total. The van der Waals surface area contributed by atoms with Gasteiger partial charge in [0.1, 0.15) is 30.9 Å². The highest BCUT2D eigenvalue weighted by Gasteiger charge is 2.42. The Morgan fingerprint density at radius 2 is 1.65 bits per heavy atom. The van der Waals surface area contributed by atoms with Crippen LogP contribution in [-0.4, -0.2) is 46.6 Å². The molecule has 0 radical (unpaired) electrons. The second-order valence-electron chi connectivity index (χ2n) is 7.90. The van der Waals surface area contributed by atoms with Crippen LogP contribution < -0.4 is 30.2 Å². The minimum absolute atomic E-state index is 0.00319. The fourth-order valence-corrected chi connectivity index (χ4v) is 3.61. The van der Waals surface area contributed by atoms with Crippen molar-refractivity contribution in [2.24, 2.45) is 0 Å². The van der Waals surface area contributed by atoms with Gasteiger partial charge in [-0.25, -0.2) is 9.97 Å². The SMILES string of the molecule is O=C1CNCc2cc(Nc3ncnc(Nc4cc5c(c(C(F)(F)F)c4)OCCO5)n3)ccc2OC1(F)F. The predicted octanol–water partition coefficient (Wildman–Crippen LogP) is 3.79. The number of hydrogen-bond acceptors (Lipinski definition) is 10. The molecule has 0 saturated carbocycles. The summed E-state index contributed by atoms with van der Waals surface area (Å²) >= 11 is 0. The molecule has 0 bridgehead atoms. The number of alkyl halides is 5. The quantitative estimate of drug-likeness (QED) is 0.435. The van der Waals surface area contributed by atoms with Crippen LogP contribution in [0.4, 0.5) is 45.2 Å². The van der Waals surface area contributed by atoms with E-state index in [1.54, 1.807) is 0 Å². The lowest BCUT2D eigenvalue weighted by Crippen LogP contribution is -2.43. The van der Waals surface area contributed by atoms with Crippen molar-refractivity contribution < 1.29 is 41.0 Å². The van der Waals surface area contributed by atoms with E-state index < -0.39 is 30.2 Å². The van der Waals surface area contributed by atoms with E-state index in [4.69, 9.17) is 9.47 Å². The number of halogens is 5. The van der Waals surface area contributed by atoms with Crippen LogP contribution in [0.15, 0.2) is 36.7 Å². The molecule has 0 fully saturated rings. The summed E-state index contributed by atoms with van der Waals surface area (Å²) in [6.45, 7) is -0.384. The second-order valence-corrected chi connectivity index (χ2v) is 7.90. The van der Waals surface area contributed by atoms with E-state index in [1.165, 1.54) is 24.3 Å². The van der Waals surface area contributed by atoms with Crippen LogP contribution in [0, 0.1) is 0 Å². The predicted molar refractivity (Wildman–Crippen MR) is 118 cm³/mol. The molecule has 0 spiro atoms. The van der Waals surface area contributed by atoms with Gasteiger partial charge in [0.25, 0.3) is 5.78 Å². The summed E-state index contributed by atoms with van der Waals surface area (Å²) in [6, 6.07) is 6.37. The number of rotatable bonds is 4. The topological polar surface area (TPSA) is 120 Å². The summed E-state index contributed by atoms with van der Waals surface area (Å²) in [5.41, 5.74) is -0.257. The van der Waals surface area contributed by atoms with Crippen LogP contribution in [0.1, 0.15) is 11.1 Å². The van der Waals surface area contributed by atoms with Crippen LogP contribution in [0.3, 0.4) is 0 Å². The minimum atomic E-state index is -4.69. The Hall–Kier alpha value is -4.27. The fraction of sp³-hybridized carbons (Fsp3) is 0.273. The van der Waals surface area contributed by atoms with E-state index >= 15 is 0 Å². The number of hydrogen-bond donors (Lipinski definition) is 3. The van der Waals surface area contributed by atoms with Gasteiger partial charge >= 0.3 is 12.3 Å². The molecule has 3 heterocycles. The monoisotopic (exact) mass is 524 g/mol. The van der Waals surface area contributed by atoms with Gasteiger partial charge in [-0.15, -0.1) is 0 Å². The first-order chi connectivity index (χ1) is 17.6. The first kappa shape index (κ1) is 24.4. The number of fused-ring (bicyclic) bond motifs is 2. The molecule has 15 heteroatoms. The van der Waals surface area contributed by atoms with Gasteiger partial charge in [0.2, 0.25) is 11.9 Å². The molecule has 2 aliphatic rings. The molecule has 3 aromatic rings. The third-order valence-electron chi connectivity index (χ3n) is 5.26. The normalized spacial score (nSPS) is 16.6. The lowest BCUT2D eigenvalue weighted by molar-refractivity contribution is -0.190. The minimum Gasteiger partial charge on any atom is -0.486 e. The zero-order valence-corrected chi connectivity index (χ0v) is 18.7. The number of benzene rings is 2. The lowest BCUT2D eigenvalue weighted by atomic mass is 10.1. The molecule has 5 rings (SSSR count). The number of aromatic nitrogens is 3. The smallest absolute Gasteiger partial charge is 0.462 e. The van der Waals surface area contributed by atoms with Crippen LogP contribution in [0.25, 0.3) is 0 Å². The van der Waals surface area contributed by atoms with Crippen LogP contribution in [-0.2, 0) is 17.5 Å². The summed E-state index contributed by atoms with van der Waals surface area (Å²) in [5, 5.41) is 8.18. The van der Waals surface area contributed by atoms with Crippen molar-refractivity contribution in [3.63, 3.8) is 0 Å². The molecule has 37 heavy (non-hydrogen) atoms. The van der Waals surface area contributed by atoms with Crippen molar-refractivity contribution in [1.82, 2.24) is 20.3 Å². The maximum atomic E-state index is 13.8. The Morgan fingerprint density at radius 3 is 2.41 bits per heavy atom. The molecular formula is C22H17F5N6O4. The Labute approximate surface area is 205 Å². The van der Waals surface area contributed by atoms with Gasteiger partial charge in [0.05, 0.1) is 6.54 Å². The van der Waals surface area contributed by atoms with E-state index in [2.05, 4.69) is 35.6 Å². The summed E-state index contributed by atoms with van der Waals surface area (Å²) in [5.74, 6) is -2.07. The average Bonchev–Trinajstić information content (AvgIpc) is 2.84. The van der Waals surface area contributed by atoms with Gasteiger partial charge in [0, 0.05) is 29.5 Å². The highest BCUT2D eigenvalue weighted by Crippen LogP contribution is 2.45. The van der Waals surface area contributed by atoms with Crippen molar-refractivity contribution in [2.75, 3.05) is 30.4 Å². The van der Waals surface area contributed by atoms with Crippen molar-refractivity contribution in [3.8, 4) is 17.2 Å². The van der Waals surface area contributed by atoms with Crippen LogP contribution in [0.5, 0.6) is 17.2 Å². The summed E-state index contributed by atoms with van der Waals surface area (Å²) in [6.07, 6.45) is -7.52. The van der Waals surface area contributed by atoms with Gasteiger partial charge in [-0.2, -0.15) is 26.9 Å². The molecule has 0 atom stereocenters. The third kappa shape index (κ3) is 5.30. The highest BCUT2D eigenvalue weighted by molar-refractivity contribution is 5.86. The number of anilines is 4. The molecular weight excluding hydrogens is 507 g/mol. The van der Waals surface area contributed by atoms with E-state index in [0.717, 1.165) is 12.4 Å². The number of nitrogens with one attached hydrogen (secondary N) is 3. The zero-order valence-electron chi connectivity index (χ0n) is 18.7. The van der Waals surface area contributed by atoms with Gasteiger partial charge in [-0.1, -0.05) is 0 Å². The maximum absolute atomic E-state index is 13.8. The van der Waals surface area contributed by atoms with Crippen LogP contribution in [0.2, 0.25) is 0 Å². The maximum Gasteiger partial charge on any atom is 0.462 e. The molecule has 3 N–H and O–H groups in total. The van der Waals surface area contributed by atoms with Crippen molar-refractivity contribution >= 4 is 29.1 Å². The van der Waals surface area contributed by atoms with E-state index in [0.29, 0.717) is 11.3 Å². The molecule has 0 aliphatic carbocycles. The van der Waals surface area contributed by atoms with Crippen molar-refractivity contribution in [1.29, 1.82) is 0 Å². The van der Waals surface area contributed by atoms with Crippen molar-refractivity contribution in [3.05, 3.63) is 47.8 Å². The number of Topliss-reactive ketones (excluding diaryl/α,β-unsaturated/α-hetero) is 1. The highest BCUT2D eigenvalue weighted by atomic mass is 19.4. The fourth-order valence-electron chi connectivity index (χ4n) is 3.61. The number of ketones is 1. The zero-order chi connectivity index (χ0) is 26.2. The van der Waals surface area contributed by atoms with Gasteiger partial charge in [-0.05, 0) is 24.3 Å². The molecule has 194 valence electrons. The van der Waals surface area contributed by atoms with Gasteiger partial charge in [0.15, 0.2) is 11.5 Å². The molecule has 2 aliphatic heterocycles. The first-order valence-electron chi connectivity index (χ1n) is 10.8. The average molecular weight is 524 g/mol. The number of ether oxygens (including phenoxy) is 3. The largest absolute Gasteiger partial charge is 0.486 e. The summed E-state index contributed by atoms with van der Waals surface area (Å²) in [4.78, 5) is 23.5. The summed E-state index contributed by atoms with van der Waals surface area (Å²) < 4.78 is 83.4. The number of nitrogens with zero attached hydrogens (tertiary/aromatic N) is 3. The van der Waals surface area contributed by atoms with Crippen molar-refractivity contribution in [2.45, 2.75) is 18.8 Å². The van der Waals surface area contributed by atoms with E-state index in [-0.39, 0.29) is 54.6 Å². The van der Waals surface area contributed by atoms with E-state index in [1.807, 2.05) is 0 Å². The Bertz CT molecular complexity index is 1350. The molecule has 2 aromatic carbocycles. The Morgan fingerprint density at radius 1 is 0.919 bits per heavy atom. The lowest BCUT2D eigenvalue weighted by Gasteiger charge is -2.23. The van der Waals surface area contributed by atoms with Crippen LogP contribution >= 0.6 is 0 Å². The van der Waals surface area contributed by atoms with Gasteiger partial charge < -0.3 is 30.2 Å². The van der Waals surface area contributed by atoms with Gasteiger partial charge in [-0.3, -0.25) is 4.79 Å². The van der Waals surface area contributed by atoms with E-state index in [9.17, 15) is 26.7 Å². The molecule has 1 aromatic heterocycles. The third-order valence-corrected chi connectivity index (χ3v) is 5.26. The molecule has 0 saturated heterocycles. The second kappa shape index (κ2) is 9.31. The first-order valence-corrected chi connectivity index (χ1v) is 10.8. The number of carbonyl (C=O) groups excluding carboxylic acids is 1. The Balaban J connectivity index is 1.36. The Kier molecular flexibility index (Phi) is 6.15. The molecule has 0 amide bonds. The summed E-state index contributed by atoms with van der Waals surface area (Å²) in [7, 11) is 0. The molecule has 0 unspecified atom stereocenters. The number of carbonyl (C=O) groups is 1. The standard InChI is InChI=1S/C22H17F5N6O4/c23-21(24,25)14-6-13(7-16-18(14)36-4-3-35-16)32-20-30-10-29-19(33-20)31-12-1-2-15-11(5-12)8-28-9-17(34)22(26,27)37-15/h1-2,5-7,10,28H,3-4,8-9H2,(H2,29,30,31,32,33).